The Bertz CT molecular complexity index is 337. The average Bonchev–Trinajstić information content (AvgIpc) is 2.39. The van der Waals surface area contributed by atoms with Crippen molar-refractivity contribution in [2.75, 3.05) is 30.5 Å². The normalized spacial score (nSPS) is 20.2. The summed E-state index contributed by atoms with van der Waals surface area (Å²) in [5.74, 6) is 2.56. The number of hydrogen-bond acceptors (Lipinski definition) is 3. The van der Waals surface area contributed by atoms with Crippen LogP contribution in [-0.4, -0.2) is 31.3 Å². The number of hydrogen-bond donors (Lipinski definition) is 1. The molecule has 0 radical (unpaired) electrons. The molecule has 0 amide bonds. The summed E-state index contributed by atoms with van der Waals surface area (Å²) in [6, 6.07) is 9.22. The summed E-state index contributed by atoms with van der Waals surface area (Å²) >= 11 is 2.06. The summed E-state index contributed by atoms with van der Waals surface area (Å²) in [4.78, 5) is 0. The maximum Gasteiger partial charge on any atom is 0.0503 e. The molecule has 3 heteroatoms. The van der Waals surface area contributed by atoms with Gasteiger partial charge >= 0.3 is 0 Å². The van der Waals surface area contributed by atoms with Crippen LogP contribution < -0.4 is 5.32 Å². The zero-order valence-corrected chi connectivity index (χ0v) is 11.3. The first-order valence-electron chi connectivity index (χ1n) is 6.31. The highest BCUT2D eigenvalue weighted by Gasteiger charge is 2.14. The molecule has 1 N–H and O–H groups in total. The van der Waals surface area contributed by atoms with E-state index in [-0.39, 0.29) is 0 Å². The number of rotatable bonds is 5. The van der Waals surface area contributed by atoms with Gasteiger partial charge in [0, 0.05) is 24.6 Å². The SMILES string of the molecule is COCCc1ccccc1NC1CCCSC1. The second kappa shape index (κ2) is 6.92. The molecule has 17 heavy (non-hydrogen) atoms. The van der Waals surface area contributed by atoms with E-state index in [0.717, 1.165) is 13.0 Å². The fourth-order valence-corrected chi connectivity index (χ4v) is 3.24. The van der Waals surface area contributed by atoms with Crippen molar-refractivity contribution in [3.63, 3.8) is 0 Å². The molecule has 1 aromatic carbocycles. The van der Waals surface area contributed by atoms with Crippen LogP contribution in [0.4, 0.5) is 5.69 Å². The third-order valence-corrected chi connectivity index (χ3v) is 4.33. The van der Waals surface area contributed by atoms with Crippen LogP contribution in [0.3, 0.4) is 0 Å². The minimum absolute atomic E-state index is 0.637. The van der Waals surface area contributed by atoms with Crippen molar-refractivity contribution in [2.24, 2.45) is 0 Å². The van der Waals surface area contributed by atoms with E-state index in [9.17, 15) is 0 Å². The Morgan fingerprint density at radius 2 is 2.29 bits per heavy atom. The molecule has 1 atom stereocenters. The number of nitrogens with one attached hydrogen (secondary N) is 1. The van der Waals surface area contributed by atoms with E-state index in [1.807, 2.05) is 0 Å². The quantitative estimate of drug-likeness (QED) is 0.868. The van der Waals surface area contributed by atoms with Gasteiger partial charge in [-0.3, -0.25) is 0 Å². The van der Waals surface area contributed by atoms with Gasteiger partial charge in [-0.15, -0.1) is 0 Å². The number of anilines is 1. The number of thioether (sulfide) groups is 1. The van der Waals surface area contributed by atoms with Gasteiger partial charge in [-0.05, 0) is 36.6 Å². The van der Waals surface area contributed by atoms with Gasteiger partial charge in [-0.25, -0.2) is 0 Å². The van der Waals surface area contributed by atoms with E-state index in [2.05, 4.69) is 41.3 Å². The molecule has 1 aliphatic rings. The van der Waals surface area contributed by atoms with Crippen molar-refractivity contribution in [1.82, 2.24) is 0 Å². The van der Waals surface area contributed by atoms with Gasteiger partial charge in [-0.2, -0.15) is 11.8 Å². The van der Waals surface area contributed by atoms with Crippen molar-refractivity contribution in [2.45, 2.75) is 25.3 Å². The third-order valence-electron chi connectivity index (χ3n) is 3.11. The van der Waals surface area contributed by atoms with Gasteiger partial charge in [0.05, 0.1) is 6.61 Å². The average molecular weight is 251 g/mol. The molecule has 0 spiro atoms. The predicted molar refractivity (Wildman–Crippen MR) is 76.0 cm³/mol. The molecule has 1 fully saturated rings. The predicted octanol–water partition coefficient (Wildman–Crippen LogP) is 3.18. The van der Waals surface area contributed by atoms with Crippen molar-refractivity contribution in [3.05, 3.63) is 29.8 Å². The number of methoxy groups -OCH3 is 1. The molecule has 0 saturated carbocycles. The summed E-state index contributed by atoms with van der Waals surface area (Å²) in [6.45, 7) is 0.790. The molecular weight excluding hydrogens is 230 g/mol. The first-order chi connectivity index (χ1) is 8.40. The zero-order chi connectivity index (χ0) is 11.9. The van der Waals surface area contributed by atoms with Gasteiger partial charge in [0.1, 0.15) is 0 Å². The Balaban J connectivity index is 1.98. The van der Waals surface area contributed by atoms with Crippen molar-refractivity contribution < 1.29 is 4.74 Å². The topological polar surface area (TPSA) is 21.3 Å². The standard InChI is InChI=1S/C14H21NOS/c1-16-9-8-12-5-2-3-7-14(12)15-13-6-4-10-17-11-13/h2-3,5,7,13,15H,4,6,8-11H2,1H3. The molecule has 1 aliphatic heterocycles. The van der Waals surface area contributed by atoms with Crippen LogP contribution in [0.15, 0.2) is 24.3 Å². The van der Waals surface area contributed by atoms with E-state index in [1.54, 1.807) is 7.11 Å². The highest BCUT2D eigenvalue weighted by atomic mass is 32.2. The molecule has 0 aliphatic carbocycles. The Morgan fingerprint density at radius 1 is 1.41 bits per heavy atom. The molecule has 0 bridgehead atoms. The summed E-state index contributed by atoms with van der Waals surface area (Å²) < 4.78 is 5.16. The van der Waals surface area contributed by atoms with Gasteiger partial charge in [0.25, 0.3) is 0 Å². The lowest BCUT2D eigenvalue weighted by Crippen LogP contribution is -2.26. The maximum atomic E-state index is 5.16. The molecule has 1 aromatic rings. The summed E-state index contributed by atoms with van der Waals surface area (Å²) in [5, 5.41) is 3.68. The number of benzene rings is 1. The third kappa shape index (κ3) is 3.93. The van der Waals surface area contributed by atoms with E-state index in [4.69, 9.17) is 4.74 Å². The summed E-state index contributed by atoms with van der Waals surface area (Å²) in [6.07, 6.45) is 3.62. The molecule has 2 nitrogen and oxygen atoms in total. The lowest BCUT2D eigenvalue weighted by atomic mass is 10.1. The lowest BCUT2D eigenvalue weighted by Gasteiger charge is -2.24. The first-order valence-corrected chi connectivity index (χ1v) is 7.47. The Morgan fingerprint density at radius 3 is 3.06 bits per heavy atom. The molecule has 1 saturated heterocycles. The van der Waals surface area contributed by atoms with E-state index < -0.39 is 0 Å². The second-order valence-electron chi connectivity index (χ2n) is 4.46. The Kier molecular flexibility index (Phi) is 5.20. The van der Waals surface area contributed by atoms with E-state index in [0.29, 0.717) is 6.04 Å². The first kappa shape index (κ1) is 12.8. The zero-order valence-electron chi connectivity index (χ0n) is 10.4. The summed E-state index contributed by atoms with van der Waals surface area (Å²) in [5.41, 5.74) is 2.65. The van der Waals surface area contributed by atoms with Crippen LogP contribution in [0, 0.1) is 0 Å². The lowest BCUT2D eigenvalue weighted by molar-refractivity contribution is 0.202. The maximum absolute atomic E-state index is 5.16. The summed E-state index contributed by atoms with van der Waals surface area (Å²) in [7, 11) is 1.76. The van der Waals surface area contributed by atoms with Crippen molar-refractivity contribution in [1.29, 1.82) is 0 Å². The van der Waals surface area contributed by atoms with E-state index >= 15 is 0 Å². The van der Waals surface area contributed by atoms with Gasteiger partial charge < -0.3 is 10.1 Å². The molecular formula is C14H21NOS. The molecule has 1 unspecified atom stereocenters. The van der Waals surface area contributed by atoms with Gasteiger partial charge in [-0.1, -0.05) is 18.2 Å². The van der Waals surface area contributed by atoms with Crippen LogP contribution in [0.5, 0.6) is 0 Å². The van der Waals surface area contributed by atoms with Crippen LogP contribution in [0.25, 0.3) is 0 Å². The fourth-order valence-electron chi connectivity index (χ4n) is 2.17. The molecule has 0 aromatic heterocycles. The smallest absolute Gasteiger partial charge is 0.0503 e. The highest BCUT2D eigenvalue weighted by molar-refractivity contribution is 7.99. The second-order valence-corrected chi connectivity index (χ2v) is 5.61. The van der Waals surface area contributed by atoms with Crippen LogP contribution >= 0.6 is 11.8 Å². The van der Waals surface area contributed by atoms with Crippen molar-refractivity contribution >= 4 is 17.4 Å². The monoisotopic (exact) mass is 251 g/mol. The molecule has 94 valence electrons. The minimum atomic E-state index is 0.637. The minimum Gasteiger partial charge on any atom is -0.384 e. The number of ether oxygens (including phenoxy) is 1. The largest absolute Gasteiger partial charge is 0.384 e. The molecule has 1 heterocycles. The Labute approximate surface area is 108 Å². The molecule has 2 rings (SSSR count). The van der Waals surface area contributed by atoms with Crippen LogP contribution in [0.2, 0.25) is 0 Å². The van der Waals surface area contributed by atoms with Gasteiger partial charge in [0.2, 0.25) is 0 Å². The fraction of sp³-hybridized carbons (Fsp3) is 0.571. The highest BCUT2D eigenvalue weighted by Crippen LogP contribution is 2.23. The van der Waals surface area contributed by atoms with Crippen molar-refractivity contribution in [3.8, 4) is 0 Å². The van der Waals surface area contributed by atoms with Crippen LogP contribution in [-0.2, 0) is 11.2 Å². The number of para-hydroxylation sites is 1. The van der Waals surface area contributed by atoms with Crippen LogP contribution in [0.1, 0.15) is 18.4 Å². The van der Waals surface area contributed by atoms with E-state index in [1.165, 1.54) is 35.6 Å². The Hall–Kier alpha value is -0.670. The van der Waals surface area contributed by atoms with Gasteiger partial charge in [0.15, 0.2) is 0 Å².